The quantitative estimate of drug-likeness (QED) is 0.794. The number of carbonyl (C=O) groups is 1. The summed E-state index contributed by atoms with van der Waals surface area (Å²) in [5.74, 6) is 1.18. The summed E-state index contributed by atoms with van der Waals surface area (Å²) in [6.45, 7) is 8.11. The van der Waals surface area contributed by atoms with Crippen molar-refractivity contribution in [3.05, 3.63) is 24.3 Å². The molecule has 1 aliphatic heterocycles. The summed E-state index contributed by atoms with van der Waals surface area (Å²) >= 11 is 0. The van der Waals surface area contributed by atoms with Gasteiger partial charge in [-0.2, -0.15) is 0 Å². The van der Waals surface area contributed by atoms with Gasteiger partial charge in [0.05, 0.1) is 12.8 Å². The SMILES string of the molecule is CC(C)C=O.COc1ccccc1N1CCN(C)CC1. The van der Waals surface area contributed by atoms with E-state index in [1.165, 1.54) is 5.69 Å². The molecule has 1 saturated heterocycles. The molecule has 1 heterocycles. The highest BCUT2D eigenvalue weighted by Crippen LogP contribution is 2.27. The van der Waals surface area contributed by atoms with Crippen LogP contribution in [0.1, 0.15) is 13.8 Å². The first-order valence-corrected chi connectivity index (χ1v) is 7.10. The number of para-hydroxylation sites is 2. The van der Waals surface area contributed by atoms with Crippen LogP contribution in [0, 0.1) is 5.92 Å². The number of likely N-dealkylation sites (N-methyl/N-ethyl adjacent to an activating group) is 1. The lowest BCUT2D eigenvalue weighted by molar-refractivity contribution is -0.110. The third kappa shape index (κ3) is 5.21. The average Bonchev–Trinajstić information content (AvgIpc) is 2.48. The van der Waals surface area contributed by atoms with Crippen molar-refractivity contribution in [3.63, 3.8) is 0 Å². The van der Waals surface area contributed by atoms with Crippen LogP contribution in [0.2, 0.25) is 0 Å². The summed E-state index contributed by atoms with van der Waals surface area (Å²) in [6, 6.07) is 8.23. The first-order chi connectivity index (χ1) is 9.58. The summed E-state index contributed by atoms with van der Waals surface area (Å²) in [5.41, 5.74) is 1.22. The molecule has 1 aromatic rings. The molecule has 0 saturated carbocycles. The summed E-state index contributed by atoms with van der Waals surface area (Å²) < 4.78 is 5.37. The molecule has 4 nitrogen and oxygen atoms in total. The Morgan fingerprint density at radius 3 is 2.20 bits per heavy atom. The number of anilines is 1. The molecule has 0 aromatic heterocycles. The smallest absolute Gasteiger partial charge is 0.142 e. The van der Waals surface area contributed by atoms with Crippen LogP contribution in [-0.2, 0) is 4.79 Å². The van der Waals surface area contributed by atoms with Crippen molar-refractivity contribution in [1.82, 2.24) is 4.90 Å². The first-order valence-electron chi connectivity index (χ1n) is 7.10. The van der Waals surface area contributed by atoms with Crippen LogP contribution in [0.25, 0.3) is 0 Å². The van der Waals surface area contributed by atoms with Gasteiger partial charge in [0.15, 0.2) is 0 Å². The Morgan fingerprint density at radius 1 is 1.15 bits per heavy atom. The molecular weight excluding hydrogens is 252 g/mol. The minimum atomic E-state index is 0.204. The lowest BCUT2D eigenvalue weighted by Crippen LogP contribution is -2.44. The van der Waals surface area contributed by atoms with Gasteiger partial charge in [-0.05, 0) is 19.2 Å². The van der Waals surface area contributed by atoms with Crippen molar-refractivity contribution in [3.8, 4) is 5.75 Å². The maximum absolute atomic E-state index is 9.50. The van der Waals surface area contributed by atoms with Crippen molar-refractivity contribution < 1.29 is 9.53 Å². The van der Waals surface area contributed by atoms with Gasteiger partial charge >= 0.3 is 0 Å². The largest absolute Gasteiger partial charge is 0.495 e. The van der Waals surface area contributed by atoms with E-state index < -0.39 is 0 Å². The molecule has 0 spiro atoms. The van der Waals surface area contributed by atoms with E-state index in [1.807, 2.05) is 26.0 Å². The number of rotatable bonds is 3. The molecule has 0 N–H and O–H groups in total. The van der Waals surface area contributed by atoms with Crippen LogP contribution in [0.5, 0.6) is 5.75 Å². The van der Waals surface area contributed by atoms with Crippen LogP contribution < -0.4 is 9.64 Å². The Labute approximate surface area is 122 Å². The fourth-order valence-corrected chi connectivity index (χ4v) is 1.94. The van der Waals surface area contributed by atoms with Crippen molar-refractivity contribution in [2.45, 2.75) is 13.8 Å². The number of benzene rings is 1. The minimum Gasteiger partial charge on any atom is -0.495 e. The van der Waals surface area contributed by atoms with E-state index in [2.05, 4.69) is 29.0 Å². The zero-order chi connectivity index (χ0) is 15.0. The monoisotopic (exact) mass is 278 g/mol. The van der Waals surface area contributed by atoms with Crippen molar-refractivity contribution >= 4 is 12.0 Å². The van der Waals surface area contributed by atoms with Crippen molar-refractivity contribution in [1.29, 1.82) is 0 Å². The third-order valence-corrected chi connectivity index (χ3v) is 3.20. The number of hydrogen-bond donors (Lipinski definition) is 0. The van der Waals surface area contributed by atoms with Gasteiger partial charge < -0.3 is 19.3 Å². The lowest BCUT2D eigenvalue weighted by atomic mass is 10.2. The summed E-state index contributed by atoms with van der Waals surface area (Å²) in [5, 5.41) is 0. The van der Waals surface area contributed by atoms with Gasteiger partial charge in [0.1, 0.15) is 12.0 Å². The number of nitrogens with zero attached hydrogens (tertiary/aromatic N) is 2. The van der Waals surface area contributed by atoms with Crippen LogP contribution in [0.3, 0.4) is 0 Å². The number of methoxy groups -OCH3 is 1. The van der Waals surface area contributed by atoms with Gasteiger partial charge in [0.2, 0.25) is 0 Å². The van der Waals surface area contributed by atoms with Gasteiger partial charge in [-0.25, -0.2) is 0 Å². The Morgan fingerprint density at radius 2 is 1.70 bits per heavy atom. The first kappa shape index (κ1) is 16.5. The molecule has 0 unspecified atom stereocenters. The molecule has 4 heteroatoms. The topological polar surface area (TPSA) is 32.8 Å². The second-order valence-corrected chi connectivity index (χ2v) is 5.34. The Hall–Kier alpha value is -1.55. The molecule has 20 heavy (non-hydrogen) atoms. The molecule has 0 aliphatic carbocycles. The number of aldehydes is 1. The number of carbonyl (C=O) groups excluding carboxylic acids is 1. The van der Waals surface area contributed by atoms with Gasteiger partial charge in [-0.15, -0.1) is 0 Å². The van der Waals surface area contributed by atoms with Crippen molar-refractivity contribution in [2.24, 2.45) is 5.92 Å². The highest BCUT2D eigenvalue weighted by atomic mass is 16.5. The maximum atomic E-state index is 9.50. The van der Waals surface area contributed by atoms with Gasteiger partial charge in [-0.3, -0.25) is 0 Å². The average molecular weight is 278 g/mol. The van der Waals surface area contributed by atoms with E-state index in [9.17, 15) is 4.79 Å². The highest BCUT2D eigenvalue weighted by molar-refractivity contribution is 5.58. The van der Waals surface area contributed by atoms with E-state index in [-0.39, 0.29) is 5.92 Å². The maximum Gasteiger partial charge on any atom is 0.142 e. The number of piperazine rings is 1. The second kappa shape index (κ2) is 8.59. The Bertz CT molecular complexity index is 399. The Kier molecular flexibility index (Phi) is 7.09. The normalized spacial score (nSPS) is 15.6. The molecular formula is C16H26N2O2. The molecule has 0 bridgehead atoms. The van der Waals surface area contributed by atoms with Crippen molar-refractivity contribution in [2.75, 3.05) is 45.2 Å². The van der Waals surface area contributed by atoms with E-state index >= 15 is 0 Å². The standard InChI is InChI=1S/C12H18N2O.C4H8O/c1-13-7-9-14(10-8-13)11-5-3-4-6-12(11)15-2;1-4(2)3-5/h3-6H,7-10H2,1-2H3;3-4H,1-2H3. The van der Waals surface area contributed by atoms with E-state index in [0.717, 1.165) is 38.2 Å². The summed E-state index contributed by atoms with van der Waals surface area (Å²) in [4.78, 5) is 14.2. The molecule has 1 aliphatic rings. The van der Waals surface area contributed by atoms with Gasteiger partial charge in [0.25, 0.3) is 0 Å². The fourth-order valence-electron chi connectivity index (χ4n) is 1.94. The zero-order valence-electron chi connectivity index (χ0n) is 13.0. The van der Waals surface area contributed by atoms with Crippen LogP contribution in [0.15, 0.2) is 24.3 Å². The third-order valence-electron chi connectivity index (χ3n) is 3.20. The molecule has 1 aromatic carbocycles. The lowest BCUT2D eigenvalue weighted by Gasteiger charge is -2.34. The second-order valence-electron chi connectivity index (χ2n) is 5.34. The van der Waals surface area contributed by atoms with Gasteiger partial charge in [0, 0.05) is 32.1 Å². The van der Waals surface area contributed by atoms with E-state index in [1.54, 1.807) is 7.11 Å². The van der Waals surface area contributed by atoms with Crippen LogP contribution in [0.4, 0.5) is 5.69 Å². The van der Waals surface area contributed by atoms with E-state index in [0.29, 0.717) is 0 Å². The zero-order valence-corrected chi connectivity index (χ0v) is 13.0. The molecule has 0 radical (unpaired) electrons. The minimum absolute atomic E-state index is 0.204. The summed E-state index contributed by atoms with van der Waals surface area (Å²) in [7, 11) is 3.90. The molecule has 112 valence electrons. The Balaban J connectivity index is 0.000000347. The molecule has 1 fully saturated rings. The predicted octanol–water partition coefficient (Wildman–Crippen LogP) is 2.29. The molecule has 0 atom stereocenters. The molecule has 0 amide bonds. The van der Waals surface area contributed by atoms with Crippen LogP contribution >= 0.6 is 0 Å². The summed E-state index contributed by atoms with van der Waals surface area (Å²) in [6.07, 6.45) is 0.917. The van der Waals surface area contributed by atoms with Crippen LogP contribution in [-0.4, -0.2) is 51.5 Å². The highest BCUT2D eigenvalue weighted by Gasteiger charge is 2.16. The predicted molar refractivity (Wildman–Crippen MR) is 83.6 cm³/mol. The fraction of sp³-hybridized carbons (Fsp3) is 0.562. The number of ether oxygens (including phenoxy) is 1. The number of hydrogen-bond acceptors (Lipinski definition) is 4. The molecule has 2 rings (SSSR count). The van der Waals surface area contributed by atoms with E-state index in [4.69, 9.17) is 4.74 Å². The van der Waals surface area contributed by atoms with Gasteiger partial charge in [-0.1, -0.05) is 26.0 Å².